The molecule has 0 aliphatic rings. The van der Waals surface area contributed by atoms with Gasteiger partial charge in [-0.1, -0.05) is 67.3 Å². The molecule has 0 fully saturated rings. The van der Waals surface area contributed by atoms with Gasteiger partial charge in [0.15, 0.2) is 0 Å². The molecule has 2 nitrogen and oxygen atoms in total. The lowest BCUT2D eigenvalue weighted by atomic mass is 10.0. The Kier molecular flexibility index (Phi) is 6.44. The minimum atomic E-state index is 0.838. The molecule has 0 aliphatic carbocycles. The third-order valence-corrected chi connectivity index (χ3v) is 4.71. The quantitative estimate of drug-likeness (QED) is 0.621. The zero-order chi connectivity index (χ0) is 19.9. The molecule has 1 N–H and O–H groups in total. The molecule has 0 amide bonds. The Balaban J connectivity index is 2.11. The van der Waals surface area contributed by atoms with E-state index in [2.05, 4.69) is 74.0 Å². The maximum absolute atomic E-state index is 6.28. The number of allylic oxidation sites excluding steroid dienone is 4. The summed E-state index contributed by atoms with van der Waals surface area (Å²) in [5, 5.41) is 2.25. The number of hydrogen-bond acceptors (Lipinski definition) is 1. The van der Waals surface area contributed by atoms with Crippen LogP contribution in [0.4, 0.5) is 0 Å². The SMILES string of the molecule is C=CC=C(C=CC)CC[NH+]=c1cc(-c2ccccc2)oc2cc(C)cc(C)c12. The third kappa shape index (κ3) is 4.58. The number of nitrogens with one attached hydrogen (secondary N) is 1. The largest absolute Gasteiger partial charge is 0.456 e. The molecule has 0 aliphatic heterocycles. The van der Waals surface area contributed by atoms with Crippen LogP contribution < -0.4 is 10.3 Å². The highest BCUT2D eigenvalue weighted by Gasteiger charge is 2.11. The summed E-state index contributed by atoms with van der Waals surface area (Å²) in [5.41, 5.74) is 5.67. The number of hydrogen-bond donors (Lipinski definition) is 1. The minimum Gasteiger partial charge on any atom is -0.456 e. The molecule has 0 saturated heterocycles. The van der Waals surface area contributed by atoms with Gasteiger partial charge >= 0.3 is 0 Å². The predicted octanol–water partition coefficient (Wildman–Crippen LogP) is 4.78. The average molecular weight is 371 g/mol. The fourth-order valence-corrected chi connectivity index (χ4v) is 3.52. The fourth-order valence-electron chi connectivity index (χ4n) is 3.52. The fraction of sp³-hybridized carbons (Fsp3) is 0.192. The van der Waals surface area contributed by atoms with Crippen molar-refractivity contribution in [2.24, 2.45) is 0 Å². The highest BCUT2D eigenvalue weighted by Crippen LogP contribution is 2.24. The Morgan fingerprint density at radius 3 is 2.61 bits per heavy atom. The van der Waals surface area contributed by atoms with E-state index in [1.165, 1.54) is 16.7 Å². The van der Waals surface area contributed by atoms with Crippen molar-refractivity contribution in [3.05, 3.63) is 101 Å². The summed E-state index contributed by atoms with van der Waals surface area (Å²) in [4.78, 5) is 3.64. The van der Waals surface area contributed by atoms with Crippen molar-refractivity contribution >= 4 is 11.0 Å². The first-order valence-electron chi connectivity index (χ1n) is 9.74. The van der Waals surface area contributed by atoms with Crippen LogP contribution in [0.3, 0.4) is 0 Å². The molecule has 3 rings (SSSR count). The molecular formula is C26H28NO+. The van der Waals surface area contributed by atoms with E-state index < -0.39 is 0 Å². The molecule has 0 saturated carbocycles. The van der Waals surface area contributed by atoms with Gasteiger partial charge < -0.3 is 4.42 Å². The van der Waals surface area contributed by atoms with Crippen LogP contribution >= 0.6 is 0 Å². The topological polar surface area (TPSA) is 27.1 Å². The maximum Gasteiger partial charge on any atom is 0.213 e. The van der Waals surface area contributed by atoms with E-state index in [0.29, 0.717) is 0 Å². The first-order chi connectivity index (χ1) is 13.6. The molecule has 2 aromatic carbocycles. The predicted molar refractivity (Wildman–Crippen MR) is 118 cm³/mol. The molecule has 1 aromatic heterocycles. The molecule has 1 heterocycles. The van der Waals surface area contributed by atoms with Gasteiger partial charge in [-0.15, -0.1) is 0 Å². The molecule has 0 spiro atoms. The second-order valence-electron chi connectivity index (χ2n) is 7.00. The molecule has 0 bridgehead atoms. The summed E-state index contributed by atoms with van der Waals surface area (Å²) < 4.78 is 6.28. The average Bonchev–Trinajstić information content (AvgIpc) is 2.68. The number of fused-ring (bicyclic) bond motifs is 1. The van der Waals surface area contributed by atoms with Crippen molar-refractivity contribution in [1.82, 2.24) is 0 Å². The van der Waals surface area contributed by atoms with E-state index in [4.69, 9.17) is 4.42 Å². The van der Waals surface area contributed by atoms with Crippen molar-refractivity contribution in [3.63, 3.8) is 0 Å². The normalized spacial score (nSPS) is 12.8. The van der Waals surface area contributed by atoms with Gasteiger partial charge in [0.2, 0.25) is 5.36 Å². The Morgan fingerprint density at radius 2 is 1.89 bits per heavy atom. The lowest BCUT2D eigenvalue weighted by Crippen LogP contribution is -2.76. The molecule has 0 atom stereocenters. The minimum absolute atomic E-state index is 0.838. The second kappa shape index (κ2) is 9.18. The summed E-state index contributed by atoms with van der Waals surface area (Å²) in [6.45, 7) is 10.9. The smallest absolute Gasteiger partial charge is 0.213 e. The summed E-state index contributed by atoms with van der Waals surface area (Å²) in [7, 11) is 0. The van der Waals surface area contributed by atoms with E-state index in [1.807, 2.05) is 31.2 Å². The first kappa shape index (κ1) is 19.6. The van der Waals surface area contributed by atoms with Crippen molar-refractivity contribution in [2.45, 2.75) is 27.2 Å². The summed E-state index contributed by atoms with van der Waals surface area (Å²) in [6, 6.07) is 16.7. The van der Waals surface area contributed by atoms with Gasteiger partial charge in [-0.3, -0.25) is 0 Å². The van der Waals surface area contributed by atoms with Crippen LogP contribution in [0.2, 0.25) is 0 Å². The van der Waals surface area contributed by atoms with Gasteiger partial charge in [0.25, 0.3) is 0 Å². The van der Waals surface area contributed by atoms with E-state index in [0.717, 1.165) is 40.6 Å². The Morgan fingerprint density at radius 1 is 1.11 bits per heavy atom. The van der Waals surface area contributed by atoms with Crippen LogP contribution in [0.5, 0.6) is 0 Å². The van der Waals surface area contributed by atoms with Crippen molar-refractivity contribution in [2.75, 3.05) is 6.54 Å². The van der Waals surface area contributed by atoms with Crippen LogP contribution in [0, 0.1) is 13.8 Å². The molecule has 0 radical (unpaired) electrons. The van der Waals surface area contributed by atoms with Gasteiger partial charge in [-0.2, -0.15) is 0 Å². The second-order valence-corrected chi connectivity index (χ2v) is 7.00. The summed E-state index contributed by atoms with van der Waals surface area (Å²) in [6.07, 6.45) is 9.02. The maximum atomic E-state index is 6.28. The van der Waals surface area contributed by atoms with Crippen molar-refractivity contribution in [1.29, 1.82) is 0 Å². The molecule has 142 valence electrons. The number of benzene rings is 2. The van der Waals surface area contributed by atoms with E-state index in [-0.39, 0.29) is 0 Å². The van der Waals surface area contributed by atoms with Crippen LogP contribution in [-0.2, 0) is 0 Å². The van der Waals surface area contributed by atoms with E-state index >= 15 is 0 Å². The number of aryl methyl sites for hydroxylation is 2. The molecule has 28 heavy (non-hydrogen) atoms. The first-order valence-corrected chi connectivity index (χ1v) is 9.74. The van der Waals surface area contributed by atoms with Crippen molar-refractivity contribution < 1.29 is 9.41 Å². The van der Waals surface area contributed by atoms with Crippen LogP contribution in [-0.4, -0.2) is 6.54 Å². The lowest BCUT2D eigenvalue weighted by Gasteiger charge is -2.06. The van der Waals surface area contributed by atoms with E-state index in [9.17, 15) is 0 Å². The highest BCUT2D eigenvalue weighted by atomic mass is 16.3. The Hall–Kier alpha value is -3.13. The van der Waals surface area contributed by atoms with Gasteiger partial charge in [0.1, 0.15) is 17.9 Å². The van der Waals surface area contributed by atoms with Crippen molar-refractivity contribution in [3.8, 4) is 11.3 Å². The van der Waals surface area contributed by atoms with Gasteiger partial charge in [0, 0.05) is 12.0 Å². The summed E-state index contributed by atoms with van der Waals surface area (Å²) in [5.74, 6) is 0.871. The molecule has 0 unspecified atom stereocenters. The van der Waals surface area contributed by atoms with Crippen LogP contribution in [0.15, 0.2) is 89.4 Å². The van der Waals surface area contributed by atoms with Gasteiger partial charge in [-0.05, 0) is 43.5 Å². The van der Waals surface area contributed by atoms with Gasteiger partial charge in [0.05, 0.1) is 11.5 Å². The highest BCUT2D eigenvalue weighted by molar-refractivity contribution is 5.82. The lowest BCUT2D eigenvalue weighted by molar-refractivity contribution is -0.498. The molecule has 3 aromatic rings. The van der Waals surface area contributed by atoms with Crippen LogP contribution in [0.1, 0.15) is 24.5 Å². The molecule has 2 heteroatoms. The Bertz CT molecular complexity index is 1100. The standard InChI is InChI=1S/C26H27NO/c1-5-10-21(11-6-2)14-15-27-23-18-24(22-12-8-7-9-13-22)28-25-17-19(3)16-20(4)26(23)25/h5-13,16-18H,1,14-15H2,2-4H3/p+1. The zero-order valence-corrected chi connectivity index (χ0v) is 17.0. The van der Waals surface area contributed by atoms with Crippen LogP contribution in [0.25, 0.3) is 22.3 Å². The van der Waals surface area contributed by atoms with E-state index in [1.54, 1.807) is 0 Å². The summed E-state index contributed by atoms with van der Waals surface area (Å²) >= 11 is 0. The number of rotatable bonds is 6. The molecular weight excluding hydrogens is 342 g/mol. The van der Waals surface area contributed by atoms with Gasteiger partial charge in [-0.25, -0.2) is 4.99 Å². The Labute approximate surface area is 167 Å². The monoisotopic (exact) mass is 370 g/mol. The third-order valence-electron chi connectivity index (χ3n) is 4.71. The zero-order valence-electron chi connectivity index (χ0n) is 17.0.